The summed E-state index contributed by atoms with van der Waals surface area (Å²) in [5.41, 5.74) is 1.70. The van der Waals surface area contributed by atoms with Gasteiger partial charge in [-0.05, 0) is 42.5 Å². The number of halogens is 1. The number of hydrogen-bond acceptors (Lipinski definition) is 5. The van der Waals surface area contributed by atoms with Crippen LogP contribution >= 0.6 is 0 Å². The van der Waals surface area contributed by atoms with E-state index in [9.17, 15) is 12.8 Å². The Labute approximate surface area is 158 Å². The van der Waals surface area contributed by atoms with Gasteiger partial charge in [-0.3, -0.25) is 0 Å². The van der Waals surface area contributed by atoms with Gasteiger partial charge >= 0.3 is 0 Å². The van der Waals surface area contributed by atoms with E-state index < -0.39 is 10.0 Å². The topological polar surface area (TPSA) is 53.1 Å². The summed E-state index contributed by atoms with van der Waals surface area (Å²) in [6, 6.07) is 11.3. The molecule has 8 heteroatoms. The van der Waals surface area contributed by atoms with Crippen LogP contribution in [0.5, 0.6) is 5.75 Å². The number of anilines is 2. The molecule has 2 aromatic carbocycles. The highest BCUT2D eigenvalue weighted by molar-refractivity contribution is 7.89. The average molecular weight is 391 g/mol. The Morgan fingerprint density at radius 3 is 2.37 bits per heavy atom. The lowest BCUT2D eigenvalue weighted by atomic mass is 10.2. The number of sulfonamides is 1. The molecule has 2 aromatic rings. The van der Waals surface area contributed by atoms with Gasteiger partial charge in [-0.25, -0.2) is 12.8 Å². The highest BCUT2D eigenvalue weighted by atomic mass is 32.2. The van der Waals surface area contributed by atoms with Crippen LogP contribution in [0.2, 0.25) is 0 Å². The lowest BCUT2D eigenvalue weighted by Gasteiger charge is -2.35. The summed E-state index contributed by atoms with van der Waals surface area (Å²) >= 11 is 0. The zero-order valence-corrected chi connectivity index (χ0v) is 16.0. The minimum Gasteiger partial charge on any atom is -0.490 e. The van der Waals surface area contributed by atoms with E-state index in [2.05, 4.69) is 4.90 Å². The zero-order valence-electron chi connectivity index (χ0n) is 15.1. The molecule has 144 valence electrons. The Balaban J connectivity index is 1.50. The minimum absolute atomic E-state index is 0.277. The fourth-order valence-electron chi connectivity index (χ4n) is 3.48. The Bertz CT molecular complexity index is 926. The number of hydrogen-bond donors (Lipinski definition) is 0. The van der Waals surface area contributed by atoms with E-state index >= 15 is 0 Å². The summed E-state index contributed by atoms with van der Waals surface area (Å²) in [5.74, 6) is 0.435. The molecule has 2 aliphatic heterocycles. The number of likely N-dealkylation sites (N-methyl/N-ethyl adjacent to an activating group) is 1. The Morgan fingerprint density at radius 1 is 0.963 bits per heavy atom. The van der Waals surface area contributed by atoms with Gasteiger partial charge in [-0.1, -0.05) is 0 Å². The molecule has 0 aromatic heterocycles. The third kappa shape index (κ3) is 3.46. The van der Waals surface area contributed by atoms with Crippen molar-refractivity contribution in [1.82, 2.24) is 4.31 Å². The molecule has 6 nitrogen and oxygen atoms in total. The first-order valence-electron chi connectivity index (χ1n) is 8.94. The minimum atomic E-state index is -3.57. The number of rotatable bonds is 3. The molecule has 0 unspecified atom stereocenters. The normalized spacial score (nSPS) is 18.1. The van der Waals surface area contributed by atoms with Crippen LogP contribution in [0, 0.1) is 5.82 Å². The van der Waals surface area contributed by atoms with Crippen LogP contribution in [-0.2, 0) is 10.0 Å². The van der Waals surface area contributed by atoms with E-state index in [1.54, 1.807) is 30.3 Å². The maximum atomic E-state index is 13.1. The standard InChI is InChI=1S/C19H22FN3O3S/c1-21-12-13-26-19-7-6-17(14-18(19)21)27(24,25)23-10-8-22(9-11-23)16-4-2-15(20)3-5-16/h2-7,14H,8-13H2,1H3. The fraction of sp³-hybridized carbons (Fsp3) is 0.368. The molecule has 0 spiro atoms. The maximum absolute atomic E-state index is 13.1. The van der Waals surface area contributed by atoms with Crippen LogP contribution in [0.3, 0.4) is 0 Å². The fourth-order valence-corrected chi connectivity index (χ4v) is 4.92. The number of ether oxygens (including phenoxy) is 1. The highest BCUT2D eigenvalue weighted by Crippen LogP contribution is 2.34. The van der Waals surface area contributed by atoms with E-state index in [1.165, 1.54) is 16.4 Å². The van der Waals surface area contributed by atoms with Gasteiger partial charge in [0.2, 0.25) is 10.0 Å². The summed E-state index contributed by atoms with van der Waals surface area (Å²) in [7, 11) is -1.64. The molecule has 4 rings (SSSR count). The summed E-state index contributed by atoms with van der Waals surface area (Å²) in [4.78, 5) is 4.36. The van der Waals surface area contributed by atoms with Crippen LogP contribution in [-0.4, -0.2) is 59.1 Å². The Morgan fingerprint density at radius 2 is 1.67 bits per heavy atom. The molecule has 0 radical (unpaired) electrons. The molecule has 0 amide bonds. The van der Waals surface area contributed by atoms with Crippen molar-refractivity contribution in [2.75, 3.05) is 56.2 Å². The molecule has 2 heterocycles. The monoisotopic (exact) mass is 391 g/mol. The number of fused-ring (bicyclic) bond motifs is 1. The summed E-state index contributed by atoms with van der Waals surface area (Å²) < 4.78 is 46.3. The third-order valence-corrected chi connectivity index (χ3v) is 6.99. The number of nitrogens with zero attached hydrogens (tertiary/aromatic N) is 3. The molecular formula is C19H22FN3O3S. The number of piperazine rings is 1. The number of benzene rings is 2. The van der Waals surface area contributed by atoms with Gasteiger partial charge in [0.15, 0.2) is 0 Å². The molecule has 0 aliphatic carbocycles. The van der Waals surface area contributed by atoms with Gasteiger partial charge in [-0.2, -0.15) is 4.31 Å². The molecule has 1 fully saturated rings. The van der Waals surface area contributed by atoms with E-state index in [-0.39, 0.29) is 10.7 Å². The predicted molar refractivity (Wildman–Crippen MR) is 103 cm³/mol. The van der Waals surface area contributed by atoms with Crippen molar-refractivity contribution < 1.29 is 17.5 Å². The van der Waals surface area contributed by atoms with Crippen molar-refractivity contribution in [2.45, 2.75) is 4.90 Å². The zero-order chi connectivity index (χ0) is 19.0. The second-order valence-electron chi connectivity index (χ2n) is 6.77. The average Bonchev–Trinajstić information content (AvgIpc) is 2.69. The van der Waals surface area contributed by atoms with Crippen LogP contribution in [0.4, 0.5) is 15.8 Å². The summed E-state index contributed by atoms with van der Waals surface area (Å²) in [6.45, 7) is 3.25. The molecule has 2 aliphatic rings. The van der Waals surface area contributed by atoms with Gasteiger partial charge in [0, 0.05) is 38.9 Å². The first-order valence-corrected chi connectivity index (χ1v) is 10.4. The van der Waals surface area contributed by atoms with Crippen LogP contribution in [0.25, 0.3) is 0 Å². The predicted octanol–water partition coefficient (Wildman–Crippen LogP) is 2.17. The molecular weight excluding hydrogens is 369 g/mol. The Hall–Kier alpha value is -2.32. The quantitative estimate of drug-likeness (QED) is 0.803. The smallest absolute Gasteiger partial charge is 0.243 e. The van der Waals surface area contributed by atoms with Gasteiger partial charge in [0.1, 0.15) is 18.2 Å². The van der Waals surface area contributed by atoms with E-state index in [1.807, 2.05) is 11.9 Å². The summed E-state index contributed by atoms with van der Waals surface area (Å²) in [6.07, 6.45) is 0. The van der Waals surface area contributed by atoms with Crippen molar-refractivity contribution in [3.8, 4) is 5.75 Å². The summed E-state index contributed by atoms with van der Waals surface area (Å²) in [5, 5.41) is 0. The molecule has 0 atom stereocenters. The first-order chi connectivity index (χ1) is 12.9. The van der Waals surface area contributed by atoms with Gasteiger partial charge in [0.25, 0.3) is 0 Å². The molecule has 0 bridgehead atoms. The second kappa shape index (κ2) is 7.01. The van der Waals surface area contributed by atoms with Crippen LogP contribution < -0.4 is 14.5 Å². The van der Waals surface area contributed by atoms with Crippen molar-refractivity contribution >= 4 is 21.4 Å². The van der Waals surface area contributed by atoms with E-state index in [0.717, 1.165) is 17.9 Å². The highest BCUT2D eigenvalue weighted by Gasteiger charge is 2.30. The Kier molecular flexibility index (Phi) is 4.69. The van der Waals surface area contributed by atoms with E-state index in [0.29, 0.717) is 38.5 Å². The van der Waals surface area contributed by atoms with Crippen LogP contribution in [0.15, 0.2) is 47.4 Å². The second-order valence-corrected chi connectivity index (χ2v) is 8.71. The van der Waals surface area contributed by atoms with Crippen molar-refractivity contribution in [1.29, 1.82) is 0 Å². The lowest BCUT2D eigenvalue weighted by Crippen LogP contribution is -2.48. The van der Waals surface area contributed by atoms with E-state index in [4.69, 9.17) is 4.74 Å². The van der Waals surface area contributed by atoms with Crippen molar-refractivity contribution in [3.05, 3.63) is 48.3 Å². The molecule has 0 saturated carbocycles. The SMILES string of the molecule is CN1CCOc2ccc(S(=O)(=O)N3CCN(c4ccc(F)cc4)CC3)cc21. The van der Waals surface area contributed by atoms with Gasteiger partial charge in [-0.15, -0.1) is 0 Å². The largest absolute Gasteiger partial charge is 0.490 e. The van der Waals surface area contributed by atoms with Crippen molar-refractivity contribution in [3.63, 3.8) is 0 Å². The third-order valence-electron chi connectivity index (χ3n) is 5.09. The molecule has 1 saturated heterocycles. The first kappa shape index (κ1) is 18.1. The van der Waals surface area contributed by atoms with Gasteiger partial charge < -0.3 is 14.5 Å². The maximum Gasteiger partial charge on any atom is 0.243 e. The van der Waals surface area contributed by atoms with Crippen molar-refractivity contribution in [2.24, 2.45) is 0 Å². The lowest BCUT2D eigenvalue weighted by molar-refractivity contribution is 0.311. The van der Waals surface area contributed by atoms with Gasteiger partial charge in [0.05, 0.1) is 17.1 Å². The molecule has 0 N–H and O–H groups in total. The molecule has 27 heavy (non-hydrogen) atoms. The van der Waals surface area contributed by atoms with Crippen LogP contribution in [0.1, 0.15) is 0 Å².